The molecule has 0 saturated carbocycles. The molecule has 3 N–H and O–H groups in total. The predicted octanol–water partition coefficient (Wildman–Crippen LogP) is 0.327. The van der Waals surface area contributed by atoms with Crippen molar-refractivity contribution in [3.8, 4) is 5.75 Å². The number of aromatic hydroxyl groups is 1. The number of nitrogens with zero attached hydrogens (tertiary/aromatic N) is 1. The maximum atomic E-state index is 11.4. The summed E-state index contributed by atoms with van der Waals surface area (Å²) >= 11 is 0. The van der Waals surface area contributed by atoms with Crippen molar-refractivity contribution in [2.75, 3.05) is 0 Å². The van der Waals surface area contributed by atoms with Crippen molar-refractivity contribution in [1.29, 1.82) is 0 Å². The van der Waals surface area contributed by atoms with Crippen LogP contribution < -0.4 is 5.56 Å². The zero-order valence-corrected chi connectivity index (χ0v) is 7.39. The summed E-state index contributed by atoms with van der Waals surface area (Å²) < 4.78 is 0. The van der Waals surface area contributed by atoms with E-state index in [0.29, 0.717) is 0 Å². The number of carbonyl (C=O) groups is 1. The van der Waals surface area contributed by atoms with Crippen LogP contribution >= 0.6 is 0 Å². The monoisotopic (exact) mass is 206 g/mol. The van der Waals surface area contributed by atoms with Crippen molar-refractivity contribution in [1.82, 2.24) is 9.97 Å². The van der Waals surface area contributed by atoms with Crippen LogP contribution in [-0.4, -0.2) is 26.2 Å². The van der Waals surface area contributed by atoms with Crippen molar-refractivity contribution < 1.29 is 15.0 Å². The number of rotatable bonds is 1. The number of nitrogens with one attached hydrogen (secondary N) is 1. The zero-order chi connectivity index (χ0) is 11.0. The Hall–Kier alpha value is -2.37. The van der Waals surface area contributed by atoms with Gasteiger partial charge in [-0.15, -0.1) is 0 Å². The third-order valence-corrected chi connectivity index (χ3v) is 1.89. The molecule has 0 radical (unpaired) electrons. The number of carboxylic acid groups (broad SMARTS) is 1. The number of hydrogen-bond acceptors (Lipinski definition) is 4. The summed E-state index contributed by atoms with van der Waals surface area (Å²) in [5, 5.41) is 17.9. The third kappa shape index (κ3) is 1.52. The first kappa shape index (κ1) is 9.20. The minimum atomic E-state index is -1.30. The highest BCUT2D eigenvalue weighted by atomic mass is 16.4. The largest absolute Gasteiger partial charge is 0.508 e. The first-order valence-electron chi connectivity index (χ1n) is 4.04. The summed E-state index contributed by atoms with van der Waals surface area (Å²) in [5.74, 6) is -1.79. The number of phenols is 1. The van der Waals surface area contributed by atoms with E-state index >= 15 is 0 Å². The van der Waals surface area contributed by atoms with Gasteiger partial charge in [-0.1, -0.05) is 0 Å². The second-order valence-corrected chi connectivity index (χ2v) is 2.92. The van der Waals surface area contributed by atoms with E-state index < -0.39 is 17.4 Å². The van der Waals surface area contributed by atoms with Crippen LogP contribution in [0.3, 0.4) is 0 Å². The van der Waals surface area contributed by atoms with E-state index in [9.17, 15) is 9.59 Å². The first-order chi connectivity index (χ1) is 7.08. The molecule has 0 amide bonds. The van der Waals surface area contributed by atoms with Crippen LogP contribution in [0, 0.1) is 0 Å². The van der Waals surface area contributed by atoms with Gasteiger partial charge in [0.05, 0.1) is 10.9 Å². The fraction of sp³-hybridized carbons (Fsp3) is 0. The fourth-order valence-corrected chi connectivity index (χ4v) is 1.23. The molecular weight excluding hydrogens is 200 g/mol. The van der Waals surface area contributed by atoms with Gasteiger partial charge < -0.3 is 15.2 Å². The molecule has 0 fully saturated rings. The molecule has 1 aromatic heterocycles. The Bertz CT molecular complexity index is 603. The van der Waals surface area contributed by atoms with Gasteiger partial charge in [0, 0.05) is 0 Å². The van der Waals surface area contributed by atoms with Crippen LogP contribution in [0.15, 0.2) is 23.0 Å². The molecule has 6 nitrogen and oxygen atoms in total. The van der Waals surface area contributed by atoms with Gasteiger partial charge in [0.15, 0.2) is 0 Å². The number of carboxylic acids is 1. The highest BCUT2D eigenvalue weighted by Gasteiger charge is 2.09. The van der Waals surface area contributed by atoms with Gasteiger partial charge in [-0.2, -0.15) is 0 Å². The van der Waals surface area contributed by atoms with Crippen LogP contribution in [0.1, 0.15) is 10.6 Å². The number of phenolic OH excluding ortho intramolecular Hbond substituents is 1. The van der Waals surface area contributed by atoms with Crippen molar-refractivity contribution in [3.05, 3.63) is 34.4 Å². The van der Waals surface area contributed by atoms with Crippen LogP contribution in [0.5, 0.6) is 5.75 Å². The smallest absolute Gasteiger partial charge is 0.372 e. The molecule has 0 aliphatic heterocycles. The molecule has 0 spiro atoms. The van der Waals surface area contributed by atoms with Crippen LogP contribution in [-0.2, 0) is 0 Å². The number of fused-ring (bicyclic) bond motifs is 1. The van der Waals surface area contributed by atoms with E-state index in [1.165, 1.54) is 18.2 Å². The van der Waals surface area contributed by atoms with Gasteiger partial charge >= 0.3 is 5.97 Å². The van der Waals surface area contributed by atoms with Crippen LogP contribution in [0.25, 0.3) is 10.9 Å². The number of hydrogen-bond donors (Lipinski definition) is 3. The number of aromatic nitrogens is 2. The summed E-state index contributed by atoms with van der Waals surface area (Å²) in [6, 6.07) is 3.94. The molecule has 1 aromatic carbocycles. The fourth-order valence-electron chi connectivity index (χ4n) is 1.23. The Morgan fingerprint density at radius 2 is 2.13 bits per heavy atom. The van der Waals surface area contributed by atoms with E-state index in [-0.39, 0.29) is 16.7 Å². The molecule has 6 heteroatoms. The van der Waals surface area contributed by atoms with E-state index in [2.05, 4.69) is 9.97 Å². The number of aromatic carboxylic acids is 1. The van der Waals surface area contributed by atoms with Crippen LogP contribution in [0.4, 0.5) is 0 Å². The normalized spacial score (nSPS) is 10.4. The molecular formula is C9H6N2O4. The van der Waals surface area contributed by atoms with Gasteiger partial charge in [-0.05, 0) is 18.2 Å². The lowest BCUT2D eigenvalue weighted by molar-refractivity contribution is 0.0683. The van der Waals surface area contributed by atoms with Gasteiger partial charge in [-0.25, -0.2) is 9.78 Å². The molecule has 1 heterocycles. The standard InChI is InChI=1S/C9H6N2O4/c12-4-1-2-6-5(3-4)8(13)11-7(10-6)9(14)15/h1-3,12H,(H,14,15)(H,10,11,13). The lowest BCUT2D eigenvalue weighted by Gasteiger charge is -1.98. The third-order valence-electron chi connectivity index (χ3n) is 1.89. The zero-order valence-electron chi connectivity index (χ0n) is 7.39. The van der Waals surface area contributed by atoms with Gasteiger partial charge in [0.1, 0.15) is 5.75 Å². The van der Waals surface area contributed by atoms with E-state index in [1.54, 1.807) is 0 Å². The summed E-state index contributed by atoms with van der Waals surface area (Å²) in [4.78, 5) is 27.8. The van der Waals surface area contributed by atoms with Crippen molar-refractivity contribution in [3.63, 3.8) is 0 Å². The highest BCUT2D eigenvalue weighted by Crippen LogP contribution is 2.14. The maximum Gasteiger partial charge on any atom is 0.372 e. The molecule has 2 rings (SSSR count). The minimum absolute atomic E-state index is 0.0714. The lowest BCUT2D eigenvalue weighted by Crippen LogP contribution is -2.15. The summed E-state index contributed by atoms with van der Waals surface area (Å²) in [6.07, 6.45) is 0. The minimum Gasteiger partial charge on any atom is -0.508 e. The highest BCUT2D eigenvalue weighted by molar-refractivity contribution is 5.87. The molecule has 0 atom stereocenters. The molecule has 0 bridgehead atoms. The predicted molar refractivity (Wildman–Crippen MR) is 51.0 cm³/mol. The second kappa shape index (κ2) is 3.09. The Kier molecular flexibility index (Phi) is 1.89. The van der Waals surface area contributed by atoms with Crippen molar-refractivity contribution >= 4 is 16.9 Å². The SMILES string of the molecule is O=C(O)c1nc2ccc(O)cc2c(=O)[nH]1. The maximum absolute atomic E-state index is 11.4. The molecule has 0 aliphatic carbocycles. The molecule has 76 valence electrons. The lowest BCUT2D eigenvalue weighted by atomic mass is 10.2. The first-order valence-corrected chi connectivity index (χ1v) is 4.04. The van der Waals surface area contributed by atoms with Gasteiger partial charge in [-0.3, -0.25) is 4.79 Å². The quantitative estimate of drug-likeness (QED) is 0.623. The molecule has 2 aromatic rings. The Labute approximate surface area is 82.8 Å². The summed E-state index contributed by atoms with van der Waals surface area (Å²) in [7, 11) is 0. The second-order valence-electron chi connectivity index (χ2n) is 2.92. The average Bonchev–Trinajstić information content (AvgIpc) is 2.18. The molecule has 0 saturated heterocycles. The summed E-state index contributed by atoms with van der Waals surface area (Å²) in [6.45, 7) is 0. The van der Waals surface area contributed by atoms with Crippen molar-refractivity contribution in [2.45, 2.75) is 0 Å². The Morgan fingerprint density at radius 3 is 2.80 bits per heavy atom. The number of aromatic amines is 1. The van der Waals surface area contributed by atoms with E-state index in [1.807, 2.05) is 0 Å². The van der Waals surface area contributed by atoms with E-state index in [0.717, 1.165) is 0 Å². The molecule has 0 unspecified atom stereocenters. The topological polar surface area (TPSA) is 103 Å². The Morgan fingerprint density at radius 1 is 1.40 bits per heavy atom. The Balaban J connectivity index is 2.84. The van der Waals surface area contributed by atoms with Crippen LogP contribution in [0.2, 0.25) is 0 Å². The molecule has 0 aliphatic rings. The average molecular weight is 206 g/mol. The van der Waals surface area contributed by atoms with E-state index in [4.69, 9.17) is 10.2 Å². The molecule has 15 heavy (non-hydrogen) atoms. The van der Waals surface area contributed by atoms with Gasteiger partial charge in [0.25, 0.3) is 5.56 Å². The number of benzene rings is 1. The van der Waals surface area contributed by atoms with Gasteiger partial charge in [0.2, 0.25) is 5.82 Å². The van der Waals surface area contributed by atoms with Crippen molar-refractivity contribution in [2.24, 2.45) is 0 Å². The number of H-pyrrole nitrogens is 1. The summed E-state index contributed by atoms with van der Waals surface area (Å²) in [5.41, 5.74) is -0.359.